The molecule has 4 rings (SSSR count). The van der Waals surface area contributed by atoms with Gasteiger partial charge in [0.15, 0.2) is 5.82 Å². The van der Waals surface area contributed by atoms with Gasteiger partial charge in [0, 0.05) is 40.5 Å². The van der Waals surface area contributed by atoms with E-state index in [-0.39, 0.29) is 11.3 Å². The number of aromatic amines is 1. The largest absolute Gasteiger partial charge is 0.383 e. The van der Waals surface area contributed by atoms with E-state index < -0.39 is 23.0 Å². The Balaban J connectivity index is 1.47. The van der Waals surface area contributed by atoms with Gasteiger partial charge in [-0.25, -0.2) is 13.8 Å². The molecule has 0 atom stereocenters. The summed E-state index contributed by atoms with van der Waals surface area (Å²) in [6, 6.07) is 11.5. The molecule has 0 fully saturated rings. The van der Waals surface area contributed by atoms with Gasteiger partial charge in [0.05, 0.1) is 11.3 Å². The van der Waals surface area contributed by atoms with Crippen LogP contribution in [0.5, 0.6) is 0 Å². The van der Waals surface area contributed by atoms with Crippen molar-refractivity contribution in [2.24, 2.45) is 0 Å². The van der Waals surface area contributed by atoms with Crippen molar-refractivity contribution in [2.45, 2.75) is 58.3 Å². The van der Waals surface area contributed by atoms with Crippen molar-refractivity contribution in [3.63, 3.8) is 0 Å². The summed E-state index contributed by atoms with van der Waals surface area (Å²) in [5, 5.41) is 4.14. The van der Waals surface area contributed by atoms with E-state index in [1.165, 1.54) is 44.4 Å². The number of nitrogens with one attached hydrogen (secondary N) is 2. The van der Waals surface area contributed by atoms with Crippen LogP contribution in [0.3, 0.4) is 0 Å². The zero-order chi connectivity index (χ0) is 26.2. The fraction of sp³-hybridized carbons (Fsp3) is 0.333. The van der Waals surface area contributed by atoms with Crippen LogP contribution in [-0.4, -0.2) is 22.3 Å². The van der Waals surface area contributed by atoms with E-state index in [0.29, 0.717) is 22.6 Å². The normalized spacial score (nSPS) is 11.2. The number of unbranched alkanes of at least 4 members (excludes halogenated alkanes) is 7. The summed E-state index contributed by atoms with van der Waals surface area (Å²) in [6.45, 7) is 2.77. The molecular formula is C30H32ClF2N3O. The van der Waals surface area contributed by atoms with Crippen molar-refractivity contribution >= 4 is 34.1 Å². The van der Waals surface area contributed by atoms with Crippen LogP contribution in [0.1, 0.15) is 74.2 Å². The van der Waals surface area contributed by atoms with Crippen molar-refractivity contribution in [3.8, 4) is 11.1 Å². The van der Waals surface area contributed by atoms with Crippen molar-refractivity contribution in [2.75, 3.05) is 11.9 Å². The van der Waals surface area contributed by atoms with Gasteiger partial charge in [-0.3, -0.25) is 4.79 Å². The molecule has 0 amide bonds. The number of benzene rings is 2. The maximum atomic E-state index is 15.3. The lowest BCUT2D eigenvalue weighted by Gasteiger charge is -2.11. The van der Waals surface area contributed by atoms with Crippen LogP contribution in [0.4, 0.5) is 14.5 Å². The van der Waals surface area contributed by atoms with Gasteiger partial charge in [-0.2, -0.15) is 0 Å². The van der Waals surface area contributed by atoms with E-state index in [2.05, 4.69) is 22.2 Å². The minimum atomic E-state index is -0.892. The molecule has 2 aromatic heterocycles. The molecule has 2 aromatic carbocycles. The highest BCUT2D eigenvalue weighted by Gasteiger charge is 2.24. The lowest BCUT2D eigenvalue weighted by Crippen LogP contribution is -2.11. The Morgan fingerprint density at radius 3 is 2.38 bits per heavy atom. The van der Waals surface area contributed by atoms with E-state index in [9.17, 15) is 9.18 Å². The van der Waals surface area contributed by atoms with E-state index in [1.807, 2.05) is 12.1 Å². The summed E-state index contributed by atoms with van der Waals surface area (Å²) in [6.07, 6.45) is 12.5. The third-order valence-electron chi connectivity index (χ3n) is 6.62. The lowest BCUT2D eigenvalue weighted by atomic mass is 9.99. The highest BCUT2D eigenvalue weighted by Crippen LogP contribution is 2.29. The summed E-state index contributed by atoms with van der Waals surface area (Å²) in [5.74, 6) is -2.50. The second kappa shape index (κ2) is 12.8. The second-order valence-corrected chi connectivity index (χ2v) is 9.78. The van der Waals surface area contributed by atoms with Crippen molar-refractivity contribution < 1.29 is 13.6 Å². The maximum absolute atomic E-state index is 15.3. The van der Waals surface area contributed by atoms with Crippen LogP contribution in [0, 0.1) is 11.6 Å². The summed E-state index contributed by atoms with van der Waals surface area (Å²) >= 11 is 5.99. The molecule has 2 N–H and O–H groups in total. The summed E-state index contributed by atoms with van der Waals surface area (Å²) in [4.78, 5) is 20.7. The second-order valence-electron chi connectivity index (χ2n) is 9.34. The number of aromatic nitrogens is 2. The highest BCUT2D eigenvalue weighted by atomic mass is 35.5. The van der Waals surface area contributed by atoms with E-state index in [4.69, 9.17) is 11.6 Å². The number of hydrogen-bond donors (Lipinski definition) is 2. The summed E-state index contributed by atoms with van der Waals surface area (Å²) < 4.78 is 30.1. The molecule has 0 spiro atoms. The number of hydrogen-bond acceptors (Lipinski definition) is 3. The molecule has 0 aliphatic heterocycles. The number of nitrogens with zero attached hydrogens (tertiary/aromatic N) is 1. The van der Waals surface area contributed by atoms with Crippen molar-refractivity contribution in [1.82, 2.24) is 9.97 Å². The van der Waals surface area contributed by atoms with Gasteiger partial charge in [0.2, 0.25) is 5.78 Å². The van der Waals surface area contributed by atoms with Crippen LogP contribution in [0.15, 0.2) is 54.9 Å². The van der Waals surface area contributed by atoms with Crippen molar-refractivity contribution in [3.05, 3.63) is 82.6 Å². The first kappa shape index (κ1) is 26.8. The van der Waals surface area contributed by atoms with Crippen LogP contribution < -0.4 is 5.32 Å². The van der Waals surface area contributed by atoms with E-state index in [0.717, 1.165) is 36.5 Å². The van der Waals surface area contributed by atoms with Gasteiger partial charge in [0.1, 0.15) is 11.5 Å². The average molecular weight is 524 g/mol. The Morgan fingerprint density at radius 1 is 0.946 bits per heavy atom. The molecule has 37 heavy (non-hydrogen) atoms. The molecule has 4 nitrogen and oxygen atoms in total. The number of carbonyl (C=O) groups is 1. The number of H-pyrrole nitrogens is 1. The molecular weight excluding hydrogens is 492 g/mol. The third-order valence-corrected chi connectivity index (χ3v) is 6.87. The fourth-order valence-corrected chi connectivity index (χ4v) is 4.63. The van der Waals surface area contributed by atoms with Crippen LogP contribution in [0.2, 0.25) is 5.02 Å². The first-order valence-electron chi connectivity index (χ1n) is 13.0. The Morgan fingerprint density at radius 2 is 1.65 bits per heavy atom. The Hall–Kier alpha value is -3.25. The summed E-state index contributed by atoms with van der Waals surface area (Å²) in [7, 11) is 0. The molecule has 0 bridgehead atoms. The molecule has 2 heterocycles. The van der Waals surface area contributed by atoms with Gasteiger partial charge in [-0.1, -0.05) is 75.6 Å². The summed E-state index contributed by atoms with van der Waals surface area (Å²) in [5.41, 5.74) is 1.82. The standard InChI is InChI=1S/C30H32ClF2N3O/c1-2-3-4-5-6-7-8-9-16-34-26-15-14-25(32)27(28(26)33)29(37)24-19-36-30-23(24)17-21(18-35-30)20-10-12-22(31)13-11-20/h10-15,17-19,34H,2-9,16H2,1H3,(H,35,36). The van der Waals surface area contributed by atoms with E-state index >= 15 is 4.39 Å². The third kappa shape index (κ3) is 6.55. The van der Waals surface area contributed by atoms with Gasteiger partial charge >= 0.3 is 0 Å². The Bertz CT molecular complexity index is 1350. The zero-order valence-corrected chi connectivity index (χ0v) is 21.8. The molecule has 0 radical (unpaired) electrons. The highest BCUT2D eigenvalue weighted by molar-refractivity contribution is 6.30. The van der Waals surface area contributed by atoms with Gasteiger partial charge in [-0.15, -0.1) is 0 Å². The molecule has 194 valence electrons. The minimum absolute atomic E-state index is 0.132. The predicted octanol–water partition coefficient (Wildman–Crippen LogP) is 8.95. The molecule has 4 aromatic rings. The minimum Gasteiger partial charge on any atom is -0.383 e. The Labute approximate surface area is 221 Å². The molecule has 0 aliphatic carbocycles. The smallest absolute Gasteiger partial charge is 0.201 e. The van der Waals surface area contributed by atoms with Crippen LogP contribution >= 0.6 is 11.6 Å². The fourth-order valence-electron chi connectivity index (χ4n) is 4.51. The SMILES string of the molecule is CCCCCCCCCCNc1ccc(F)c(C(=O)c2c[nH]c3ncc(-c4ccc(Cl)cc4)cc23)c1F. The van der Waals surface area contributed by atoms with Crippen molar-refractivity contribution in [1.29, 1.82) is 0 Å². The number of halogens is 3. The monoisotopic (exact) mass is 523 g/mol. The number of pyridine rings is 1. The average Bonchev–Trinajstić information content (AvgIpc) is 3.32. The molecule has 0 saturated carbocycles. The quantitative estimate of drug-likeness (QED) is 0.136. The predicted molar refractivity (Wildman–Crippen MR) is 147 cm³/mol. The van der Waals surface area contributed by atoms with Crippen LogP contribution in [-0.2, 0) is 0 Å². The number of fused-ring (bicyclic) bond motifs is 1. The zero-order valence-electron chi connectivity index (χ0n) is 21.0. The maximum Gasteiger partial charge on any atom is 0.201 e. The lowest BCUT2D eigenvalue weighted by molar-refractivity contribution is 0.103. The Kier molecular flexibility index (Phi) is 9.29. The molecule has 7 heteroatoms. The first-order chi connectivity index (χ1) is 18.0. The van der Waals surface area contributed by atoms with E-state index in [1.54, 1.807) is 24.4 Å². The van der Waals surface area contributed by atoms with Gasteiger partial charge < -0.3 is 10.3 Å². The van der Waals surface area contributed by atoms with Crippen LogP contribution in [0.25, 0.3) is 22.2 Å². The number of anilines is 1. The molecule has 0 aliphatic rings. The number of rotatable bonds is 13. The number of carbonyl (C=O) groups excluding carboxylic acids is 1. The number of ketones is 1. The van der Waals surface area contributed by atoms with Gasteiger partial charge in [-0.05, 0) is 42.3 Å². The topological polar surface area (TPSA) is 57.8 Å². The van der Waals surface area contributed by atoms with Gasteiger partial charge in [0.25, 0.3) is 0 Å². The first-order valence-corrected chi connectivity index (χ1v) is 13.4. The molecule has 0 unspecified atom stereocenters. The molecule has 0 saturated heterocycles.